The van der Waals surface area contributed by atoms with E-state index in [1.807, 2.05) is 0 Å². The average molecular weight is 540 g/mol. The highest BCUT2D eigenvalue weighted by atomic mass is 32.2. The van der Waals surface area contributed by atoms with E-state index in [9.17, 15) is 34.2 Å². The van der Waals surface area contributed by atoms with E-state index in [0.29, 0.717) is 6.42 Å². The first-order chi connectivity index (χ1) is 17.0. The molecule has 4 rings (SSSR count). The van der Waals surface area contributed by atoms with Crippen LogP contribution in [0.2, 0.25) is 0 Å². The van der Waals surface area contributed by atoms with Crippen molar-refractivity contribution in [3.8, 4) is 0 Å². The van der Waals surface area contributed by atoms with E-state index in [1.165, 1.54) is 24.1 Å². The van der Waals surface area contributed by atoms with Crippen LogP contribution < -0.4 is 11.1 Å². The molecular weight excluding hydrogens is 518 g/mol. The summed E-state index contributed by atoms with van der Waals surface area (Å²) < 4.78 is 4.89. The van der Waals surface area contributed by atoms with Crippen LogP contribution in [0.1, 0.15) is 31.9 Å². The molecule has 3 heterocycles. The molecular formula is C20H21N5O9S2. The van der Waals surface area contributed by atoms with Crippen molar-refractivity contribution < 1.29 is 43.8 Å². The van der Waals surface area contributed by atoms with Crippen molar-refractivity contribution in [1.29, 1.82) is 0 Å². The summed E-state index contributed by atoms with van der Waals surface area (Å²) in [5.41, 5.74) is 3.74. The topological polar surface area (TPSA) is 211 Å². The lowest BCUT2D eigenvalue weighted by molar-refractivity contribution is -0.178. The summed E-state index contributed by atoms with van der Waals surface area (Å²) >= 11 is 2.21. The lowest BCUT2D eigenvalue weighted by atomic mass is 9.80. The Balaban J connectivity index is 1.54. The highest BCUT2D eigenvalue weighted by Crippen LogP contribution is 2.40. The van der Waals surface area contributed by atoms with Crippen LogP contribution in [0.15, 0.2) is 21.8 Å². The number of nitrogen functional groups attached to an aromatic ring is 1. The summed E-state index contributed by atoms with van der Waals surface area (Å²) in [5, 5.41) is 26.3. The van der Waals surface area contributed by atoms with Gasteiger partial charge in [-0.2, -0.15) is 0 Å². The fourth-order valence-corrected chi connectivity index (χ4v) is 5.64. The number of amides is 2. The Morgan fingerprint density at radius 1 is 1.33 bits per heavy atom. The molecule has 0 unspecified atom stereocenters. The number of carbonyl (C=O) groups is 5. The third-order valence-corrected chi connectivity index (χ3v) is 7.84. The minimum Gasteiger partial charge on any atom is -0.478 e. The second-order valence-corrected chi connectivity index (χ2v) is 10.1. The number of β-lactam (4-membered cyclic amide) rings is 1. The Morgan fingerprint density at radius 3 is 2.58 bits per heavy atom. The predicted molar refractivity (Wildman–Crippen MR) is 125 cm³/mol. The SMILES string of the molecule is CC(=O)OCC1=C(C(=O)O)N2C(=O)[C@@H](NC(=O)/C(=N/OC3(C(=O)O)CCC3)c3csc(N)n3)[C@H]2SC1. The molecule has 2 fully saturated rings. The quantitative estimate of drug-likeness (QED) is 0.139. The normalized spacial score (nSPS) is 22.6. The van der Waals surface area contributed by atoms with Crippen LogP contribution in [-0.4, -0.2) is 84.9 Å². The molecule has 192 valence electrons. The summed E-state index contributed by atoms with van der Waals surface area (Å²) in [6, 6.07) is -1.09. The predicted octanol–water partition coefficient (Wildman–Crippen LogP) is -0.245. The fourth-order valence-electron chi connectivity index (χ4n) is 3.77. The number of nitrogens with zero attached hydrogens (tertiary/aromatic N) is 3. The molecule has 1 aliphatic carbocycles. The molecule has 1 aromatic heterocycles. The van der Waals surface area contributed by atoms with Gasteiger partial charge >= 0.3 is 17.9 Å². The number of ether oxygens (including phenoxy) is 1. The van der Waals surface area contributed by atoms with Crippen LogP contribution in [0.25, 0.3) is 0 Å². The third kappa shape index (κ3) is 4.60. The molecule has 0 radical (unpaired) electrons. The molecule has 2 aliphatic heterocycles. The zero-order chi connectivity index (χ0) is 26.2. The Labute approximate surface area is 211 Å². The number of esters is 1. The van der Waals surface area contributed by atoms with Gasteiger partial charge in [0.1, 0.15) is 29.4 Å². The highest BCUT2D eigenvalue weighted by molar-refractivity contribution is 8.00. The number of nitrogens with two attached hydrogens (primary N) is 1. The molecule has 2 amide bonds. The van der Waals surface area contributed by atoms with Crippen LogP contribution in [0.3, 0.4) is 0 Å². The number of carboxylic acid groups (broad SMARTS) is 2. The molecule has 14 nitrogen and oxygen atoms in total. The van der Waals surface area contributed by atoms with Gasteiger partial charge in [0, 0.05) is 36.5 Å². The standard InChI is InChI=1S/C20H21N5O9S2/c1-8(26)33-5-9-6-35-16-12(15(28)25(16)13(9)17(29)30)23-14(27)11(10-7-36-19(21)22-10)24-34-20(18(31)32)3-2-4-20/h7,12,16H,2-6H2,1H3,(H2,21,22)(H,23,27)(H,29,30)(H,31,32)/b24-11+/t12-,16-/m1/s1. The second kappa shape index (κ2) is 9.77. The average Bonchev–Trinajstić information content (AvgIpc) is 3.22. The molecule has 0 aromatic carbocycles. The van der Waals surface area contributed by atoms with Crippen LogP contribution in [-0.2, 0) is 33.5 Å². The van der Waals surface area contributed by atoms with Gasteiger partial charge in [-0.15, -0.1) is 23.1 Å². The molecule has 1 saturated heterocycles. The summed E-state index contributed by atoms with van der Waals surface area (Å²) in [4.78, 5) is 70.9. The number of fused-ring (bicyclic) bond motifs is 1. The van der Waals surface area contributed by atoms with Crippen LogP contribution >= 0.6 is 23.1 Å². The fraction of sp³-hybridized carbons (Fsp3) is 0.450. The van der Waals surface area contributed by atoms with Crippen molar-refractivity contribution in [2.75, 3.05) is 18.1 Å². The van der Waals surface area contributed by atoms with Gasteiger partial charge in [0.2, 0.25) is 5.60 Å². The molecule has 3 aliphatic rings. The Hall–Kier alpha value is -3.66. The monoisotopic (exact) mass is 539 g/mol. The minimum atomic E-state index is -1.55. The number of nitrogens with one attached hydrogen (secondary N) is 1. The van der Waals surface area contributed by atoms with Crippen LogP contribution in [0, 0.1) is 0 Å². The number of aromatic nitrogens is 1. The van der Waals surface area contributed by atoms with Gasteiger partial charge in [-0.1, -0.05) is 5.16 Å². The smallest absolute Gasteiger partial charge is 0.352 e. The maximum absolute atomic E-state index is 13.1. The molecule has 1 saturated carbocycles. The number of rotatable bonds is 9. The first-order valence-electron chi connectivity index (χ1n) is 10.6. The Kier molecular flexibility index (Phi) is 6.90. The second-order valence-electron chi connectivity index (χ2n) is 8.15. The molecule has 2 atom stereocenters. The van der Waals surface area contributed by atoms with E-state index in [0.717, 1.165) is 16.2 Å². The summed E-state index contributed by atoms with van der Waals surface area (Å²) in [7, 11) is 0. The van der Waals surface area contributed by atoms with Gasteiger partial charge in [-0.3, -0.25) is 19.3 Å². The van der Waals surface area contributed by atoms with Crippen LogP contribution in [0.5, 0.6) is 0 Å². The van der Waals surface area contributed by atoms with E-state index < -0.39 is 46.7 Å². The van der Waals surface area contributed by atoms with Crippen molar-refractivity contribution in [1.82, 2.24) is 15.2 Å². The maximum atomic E-state index is 13.1. The number of aliphatic carboxylic acids is 2. The maximum Gasteiger partial charge on any atom is 0.352 e. The number of thioether (sulfide) groups is 1. The minimum absolute atomic E-state index is 0.0320. The zero-order valence-electron chi connectivity index (χ0n) is 18.8. The van der Waals surface area contributed by atoms with Crippen molar-refractivity contribution >= 4 is 63.7 Å². The summed E-state index contributed by atoms with van der Waals surface area (Å²) in [6.45, 7) is 0.907. The molecule has 0 spiro atoms. The number of carboxylic acids is 2. The first kappa shape index (κ1) is 25.4. The van der Waals surface area contributed by atoms with Crippen molar-refractivity contribution in [3.63, 3.8) is 0 Å². The molecule has 0 bridgehead atoms. The van der Waals surface area contributed by atoms with E-state index in [-0.39, 0.29) is 53.0 Å². The van der Waals surface area contributed by atoms with Crippen molar-refractivity contribution in [3.05, 3.63) is 22.3 Å². The van der Waals surface area contributed by atoms with Crippen LogP contribution in [0.4, 0.5) is 5.13 Å². The number of oxime groups is 1. The number of thiazole rings is 1. The largest absolute Gasteiger partial charge is 0.478 e. The lowest BCUT2D eigenvalue weighted by Crippen LogP contribution is -2.71. The first-order valence-corrected chi connectivity index (χ1v) is 12.5. The molecule has 36 heavy (non-hydrogen) atoms. The molecule has 5 N–H and O–H groups in total. The van der Waals surface area contributed by atoms with Gasteiger partial charge in [-0.05, 0) is 6.42 Å². The number of carbonyl (C=O) groups excluding carboxylic acids is 3. The van der Waals surface area contributed by atoms with E-state index in [2.05, 4.69) is 15.5 Å². The van der Waals surface area contributed by atoms with Gasteiger partial charge in [0.05, 0.1) is 0 Å². The zero-order valence-corrected chi connectivity index (χ0v) is 20.4. The lowest BCUT2D eigenvalue weighted by Gasteiger charge is -2.49. The van der Waals surface area contributed by atoms with Gasteiger partial charge in [0.15, 0.2) is 10.8 Å². The van der Waals surface area contributed by atoms with Crippen molar-refractivity contribution in [2.24, 2.45) is 5.16 Å². The van der Waals surface area contributed by atoms with Crippen molar-refractivity contribution in [2.45, 2.75) is 43.2 Å². The van der Waals surface area contributed by atoms with Gasteiger partial charge in [-0.25, -0.2) is 14.6 Å². The molecule has 16 heteroatoms. The van der Waals surface area contributed by atoms with Gasteiger partial charge in [0.25, 0.3) is 11.8 Å². The third-order valence-electron chi connectivity index (χ3n) is 5.83. The number of hydrogen-bond donors (Lipinski definition) is 4. The summed E-state index contributed by atoms with van der Waals surface area (Å²) in [5.74, 6) is -4.57. The number of hydrogen-bond acceptors (Lipinski definition) is 12. The highest BCUT2D eigenvalue weighted by Gasteiger charge is 2.54. The van der Waals surface area contributed by atoms with E-state index >= 15 is 0 Å². The Bertz CT molecular complexity index is 1210. The molecule has 1 aromatic rings. The van der Waals surface area contributed by atoms with Gasteiger partial charge < -0.3 is 30.8 Å². The summed E-state index contributed by atoms with van der Waals surface area (Å²) in [6.07, 6.45) is 1.06. The Morgan fingerprint density at radius 2 is 2.06 bits per heavy atom. The van der Waals surface area contributed by atoms with E-state index in [4.69, 9.17) is 15.3 Å². The number of anilines is 1. The van der Waals surface area contributed by atoms with E-state index in [1.54, 1.807) is 0 Å².